The van der Waals surface area contributed by atoms with Gasteiger partial charge in [-0.3, -0.25) is 14.3 Å². The molecule has 0 saturated carbocycles. The van der Waals surface area contributed by atoms with Gasteiger partial charge in [0.25, 0.3) is 11.8 Å². The van der Waals surface area contributed by atoms with E-state index in [2.05, 4.69) is 10.4 Å². The highest BCUT2D eigenvalue weighted by molar-refractivity contribution is 6.12. The second kappa shape index (κ2) is 10.8. The minimum absolute atomic E-state index is 0.0845. The lowest BCUT2D eigenvalue weighted by Crippen LogP contribution is -2.40. The highest BCUT2D eigenvalue weighted by Crippen LogP contribution is 2.37. The average molecular weight is 567 g/mol. The van der Waals surface area contributed by atoms with Gasteiger partial charge >= 0.3 is 6.18 Å². The molecule has 2 aliphatic rings. The second-order valence-electron chi connectivity index (χ2n) is 9.62. The van der Waals surface area contributed by atoms with E-state index in [0.717, 1.165) is 6.07 Å². The predicted octanol–water partition coefficient (Wildman–Crippen LogP) is 4.60. The molecule has 0 spiro atoms. The van der Waals surface area contributed by atoms with Gasteiger partial charge in [0, 0.05) is 35.8 Å². The standard InChI is InChI=1S/C29H25F3N4O5/c30-29(31,32)21-2-1-3-22-25(21)26(27(37)33-20-8-9-23-24(16-20)41-15-14-40-23)34-36(22)17-18-4-6-19(7-5-18)28(38)35-10-12-39-13-11-35/h1-9,16H,10-15,17H2,(H,33,37). The SMILES string of the molecule is O=C(Nc1ccc2c(c1)OCCO2)c1nn(Cc2ccc(C(=O)N3CCOCC3)cc2)c2cccc(C(F)(F)F)c12. The molecule has 0 aliphatic carbocycles. The first-order valence-electron chi connectivity index (χ1n) is 13.0. The van der Waals surface area contributed by atoms with Crippen LogP contribution in [0.15, 0.2) is 60.7 Å². The van der Waals surface area contributed by atoms with E-state index in [1.165, 1.54) is 16.8 Å². The highest BCUT2D eigenvalue weighted by Gasteiger charge is 2.36. The number of ether oxygens (including phenoxy) is 3. The van der Waals surface area contributed by atoms with Crippen LogP contribution < -0.4 is 14.8 Å². The Labute approximate surface area is 232 Å². The molecule has 3 aromatic carbocycles. The molecule has 0 bridgehead atoms. The van der Waals surface area contributed by atoms with Crippen molar-refractivity contribution in [2.24, 2.45) is 0 Å². The van der Waals surface area contributed by atoms with Crippen LogP contribution >= 0.6 is 0 Å². The number of carbonyl (C=O) groups excluding carboxylic acids is 2. The Hall–Kier alpha value is -4.58. The van der Waals surface area contributed by atoms with Crippen molar-refractivity contribution in [1.82, 2.24) is 14.7 Å². The number of hydrogen-bond donors (Lipinski definition) is 1. The molecule has 1 saturated heterocycles. The molecule has 12 heteroatoms. The highest BCUT2D eigenvalue weighted by atomic mass is 19.4. The zero-order valence-electron chi connectivity index (χ0n) is 21.7. The van der Waals surface area contributed by atoms with Gasteiger partial charge in [0.2, 0.25) is 0 Å². The van der Waals surface area contributed by atoms with E-state index in [4.69, 9.17) is 14.2 Å². The summed E-state index contributed by atoms with van der Waals surface area (Å²) in [4.78, 5) is 27.8. The summed E-state index contributed by atoms with van der Waals surface area (Å²) >= 11 is 0. The van der Waals surface area contributed by atoms with Crippen molar-refractivity contribution in [3.05, 3.63) is 83.0 Å². The molecule has 41 heavy (non-hydrogen) atoms. The van der Waals surface area contributed by atoms with E-state index in [9.17, 15) is 22.8 Å². The van der Waals surface area contributed by atoms with Gasteiger partial charge in [0.1, 0.15) is 13.2 Å². The molecule has 0 atom stereocenters. The molecule has 6 rings (SSSR count). The van der Waals surface area contributed by atoms with Gasteiger partial charge in [-0.25, -0.2) is 0 Å². The smallest absolute Gasteiger partial charge is 0.417 e. The Morgan fingerprint density at radius 3 is 2.37 bits per heavy atom. The monoisotopic (exact) mass is 566 g/mol. The number of anilines is 1. The Morgan fingerprint density at radius 1 is 0.902 bits per heavy atom. The van der Waals surface area contributed by atoms with E-state index >= 15 is 0 Å². The maximum Gasteiger partial charge on any atom is 0.417 e. The average Bonchev–Trinajstić information content (AvgIpc) is 3.35. The van der Waals surface area contributed by atoms with Gasteiger partial charge in [-0.1, -0.05) is 18.2 Å². The van der Waals surface area contributed by atoms with Crippen LogP contribution in [0.4, 0.5) is 18.9 Å². The summed E-state index contributed by atoms with van der Waals surface area (Å²) in [5.41, 5.74) is 0.360. The fourth-order valence-corrected chi connectivity index (χ4v) is 4.93. The molecule has 2 aliphatic heterocycles. The minimum atomic E-state index is -4.71. The first kappa shape index (κ1) is 26.6. The first-order valence-corrected chi connectivity index (χ1v) is 13.0. The van der Waals surface area contributed by atoms with Crippen LogP contribution in [0.2, 0.25) is 0 Å². The van der Waals surface area contributed by atoms with E-state index in [-0.39, 0.29) is 29.0 Å². The van der Waals surface area contributed by atoms with Gasteiger partial charge in [-0.2, -0.15) is 18.3 Å². The molecular weight excluding hydrogens is 541 g/mol. The predicted molar refractivity (Wildman–Crippen MR) is 142 cm³/mol. The third-order valence-corrected chi connectivity index (χ3v) is 6.93. The Morgan fingerprint density at radius 2 is 1.63 bits per heavy atom. The van der Waals surface area contributed by atoms with E-state index in [0.29, 0.717) is 67.8 Å². The zero-order valence-corrected chi connectivity index (χ0v) is 21.7. The van der Waals surface area contributed by atoms with Crippen LogP contribution in [0.3, 0.4) is 0 Å². The lowest BCUT2D eigenvalue weighted by atomic mass is 10.1. The summed E-state index contributed by atoms with van der Waals surface area (Å²) in [6, 6.07) is 15.3. The number of aromatic nitrogens is 2. The molecule has 0 unspecified atom stereocenters. The molecule has 1 aromatic heterocycles. The Kier molecular flexibility index (Phi) is 7.00. The Bertz CT molecular complexity index is 1610. The van der Waals surface area contributed by atoms with Gasteiger partial charge < -0.3 is 24.4 Å². The van der Waals surface area contributed by atoms with Crippen LogP contribution in [-0.4, -0.2) is 66.0 Å². The molecule has 1 fully saturated rings. The number of fused-ring (bicyclic) bond motifs is 2. The van der Waals surface area contributed by atoms with Crippen LogP contribution in [0.5, 0.6) is 11.5 Å². The largest absolute Gasteiger partial charge is 0.486 e. The molecule has 3 heterocycles. The zero-order chi connectivity index (χ0) is 28.6. The number of hydrogen-bond acceptors (Lipinski definition) is 6. The lowest BCUT2D eigenvalue weighted by Gasteiger charge is -2.26. The molecule has 1 N–H and O–H groups in total. The topological polar surface area (TPSA) is 94.9 Å². The Balaban J connectivity index is 1.31. The summed E-state index contributed by atoms with van der Waals surface area (Å²) < 4.78 is 59.8. The van der Waals surface area contributed by atoms with Crippen molar-refractivity contribution >= 4 is 28.4 Å². The molecule has 4 aromatic rings. The third-order valence-electron chi connectivity index (χ3n) is 6.93. The summed E-state index contributed by atoms with van der Waals surface area (Å²) in [7, 11) is 0. The number of morpholine rings is 1. The van der Waals surface area contributed by atoms with Crippen molar-refractivity contribution in [3.63, 3.8) is 0 Å². The maximum absolute atomic E-state index is 14.0. The summed E-state index contributed by atoms with van der Waals surface area (Å²) in [6.07, 6.45) is -4.71. The number of benzene rings is 3. The van der Waals surface area contributed by atoms with Gasteiger partial charge in [-0.05, 0) is 42.0 Å². The summed E-state index contributed by atoms with van der Waals surface area (Å²) in [5.74, 6) is 0.0304. The van der Waals surface area contributed by atoms with E-state index < -0.39 is 17.6 Å². The minimum Gasteiger partial charge on any atom is -0.486 e. The van der Waals surface area contributed by atoms with Crippen LogP contribution in [-0.2, 0) is 17.5 Å². The van der Waals surface area contributed by atoms with Gasteiger partial charge in [0.15, 0.2) is 17.2 Å². The van der Waals surface area contributed by atoms with E-state index in [1.54, 1.807) is 47.4 Å². The summed E-state index contributed by atoms with van der Waals surface area (Å²) in [6.45, 7) is 2.82. The number of rotatable bonds is 5. The maximum atomic E-state index is 14.0. The fourth-order valence-electron chi connectivity index (χ4n) is 4.93. The van der Waals surface area contributed by atoms with E-state index in [1.807, 2.05) is 0 Å². The van der Waals surface area contributed by atoms with Crippen LogP contribution in [0.25, 0.3) is 10.9 Å². The second-order valence-corrected chi connectivity index (χ2v) is 9.62. The number of carbonyl (C=O) groups is 2. The fraction of sp³-hybridized carbons (Fsp3) is 0.276. The number of alkyl halides is 3. The lowest BCUT2D eigenvalue weighted by molar-refractivity contribution is -0.136. The molecule has 2 amide bonds. The third kappa shape index (κ3) is 5.42. The molecular formula is C29H25F3N4O5. The normalized spacial score (nSPS) is 15.1. The molecule has 0 radical (unpaired) electrons. The molecule has 212 valence electrons. The van der Waals surface area contributed by atoms with Crippen molar-refractivity contribution in [2.45, 2.75) is 12.7 Å². The number of nitrogens with one attached hydrogen (secondary N) is 1. The first-order chi connectivity index (χ1) is 19.8. The van der Waals surface area contributed by atoms with Crippen LogP contribution in [0.1, 0.15) is 32.0 Å². The van der Waals surface area contributed by atoms with Crippen molar-refractivity contribution in [1.29, 1.82) is 0 Å². The number of halogens is 3. The van der Waals surface area contributed by atoms with Crippen molar-refractivity contribution in [3.8, 4) is 11.5 Å². The number of amides is 2. The quantitative estimate of drug-likeness (QED) is 0.380. The molecule has 9 nitrogen and oxygen atoms in total. The van der Waals surface area contributed by atoms with Gasteiger partial charge in [-0.15, -0.1) is 0 Å². The van der Waals surface area contributed by atoms with Gasteiger partial charge in [0.05, 0.1) is 30.8 Å². The summed E-state index contributed by atoms with van der Waals surface area (Å²) in [5, 5.41) is 6.67. The number of nitrogens with zero attached hydrogens (tertiary/aromatic N) is 3. The van der Waals surface area contributed by atoms with Crippen molar-refractivity contribution in [2.75, 3.05) is 44.8 Å². The van der Waals surface area contributed by atoms with Crippen molar-refractivity contribution < 1.29 is 37.0 Å². The van der Waals surface area contributed by atoms with Crippen LogP contribution in [0, 0.1) is 0 Å².